The van der Waals surface area contributed by atoms with Crippen LogP contribution in [0.15, 0.2) is 23.8 Å². The van der Waals surface area contributed by atoms with E-state index < -0.39 is 29.3 Å². The molecule has 27 heavy (non-hydrogen) atoms. The fourth-order valence-electron chi connectivity index (χ4n) is 3.00. The molecule has 2 atom stereocenters. The molecule has 0 aromatic rings. The summed E-state index contributed by atoms with van der Waals surface area (Å²) in [6.07, 6.45) is 6.24. The maximum Gasteiger partial charge on any atom is 0.249 e. The summed E-state index contributed by atoms with van der Waals surface area (Å²) in [5, 5.41) is 15.5. The Morgan fingerprint density at radius 3 is 2.70 bits per heavy atom. The Hall–Kier alpha value is -1.70. The number of amides is 2. The highest BCUT2D eigenvalue weighted by Crippen LogP contribution is 2.34. The minimum Gasteiger partial charge on any atom is -0.383 e. The van der Waals surface area contributed by atoms with E-state index in [1.807, 2.05) is 26.0 Å². The van der Waals surface area contributed by atoms with Crippen molar-refractivity contribution in [3.63, 3.8) is 0 Å². The second-order valence-corrected chi connectivity index (χ2v) is 8.28. The number of rotatable bonds is 7. The highest BCUT2D eigenvalue weighted by molar-refractivity contribution is 5.82. The molecule has 0 aromatic carbocycles. The van der Waals surface area contributed by atoms with E-state index in [1.54, 1.807) is 13.8 Å². The summed E-state index contributed by atoms with van der Waals surface area (Å²) < 4.78 is 11.4. The van der Waals surface area contributed by atoms with Gasteiger partial charge in [0.15, 0.2) is 5.79 Å². The molecule has 2 amide bonds. The van der Waals surface area contributed by atoms with Crippen LogP contribution >= 0.6 is 0 Å². The second-order valence-electron chi connectivity index (χ2n) is 8.28. The molecule has 152 valence electrons. The SMILES string of the molecule is CC1(C)OCC(C)(C)C(C(=O)NCCC(O)C(=O)NCC2=CC=CCC2)O1. The van der Waals surface area contributed by atoms with Crippen LogP contribution in [0.1, 0.15) is 47.0 Å². The zero-order valence-electron chi connectivity index (χ0n) is 16.7. The third-order valence-electron chi connectivity index (χ3n) is 4.75. The van der Waals surface area contributed by atoms with Crippen LogP contribution < -0.4 is 10.6 Å². The van der Waals surface area contributed by atoms with E-state index in [-0.39, 0.29) is 18.9 Å². The maximum absolute atomic E-state index is 12.5. The van der Waals surface area contributed by atoms with Gasteiger partial charge in [0.2, 0.25) is 11.8 Å². The average molecular weight is 380 g/mol. The Morgan fingerprint density at radius 1 is 1.30 bits per heavy atom. The molecule has 0 aromatic heterocycles. The van der Waals surface area contributed by atoms with Crippen LogP contribution in [-0.4, -0.2) is 54.6 Å². The number of aliphatic hydroxyl groups excluding tert-OH is 1. The van der Waals surface area contributed by atoms with E-state index in [1.165, 1.54) is 0 Å². The number of carbonyl (C=O) groups excluding carboxylic acids is 2. The van der Waals surface area contributed by atoms with Crippen molar-refractivity contribution in [1.29, 1.82) is 0 Å². The Bertz CT molecular complexity index is 609. The van der Waals surface area contributed by atoms with Crippen molar-refractivity contribution >= 4 is 11.8 Å². The normalized spacial score (nSPS) is 24.6. The van der Waals surface area contributed by atoms with Crippen molar-refractivity contribution in [3.8, 4) is 0 Å². The van der Waals surface area contributed by atoms with Crippen LogP contribution in [0.4, 0.5) is 0 Å². The topological polar surface area (TPSA) is 96.9 Å². The summed E-state index contributed by atoms with van der Waals surface area (Å²) in [5.74, 6) is -1.51. The number of aliphatic hydroxyl groups is 1. The lowest BCUT2D eigenvalue weighted by Crippen LogP contribution is -2.56. The molecule has 1 aliphatic heterocycles. The van der Waals surface area contributed by atoms with E-state index in [0.29, 0.717) is 13.2 Å². The summed E-state index contributed by atoms with van der Waals surface area (Å²) >= 11 is 0. The summed E-state index contributed by atoms with van der Waals surface area (Å²) in [5.41, 5.74) is 0.672. The van der Waals surface area contributed by atoms with Crippen molar-refractivity contribution < 1.29 is 24.2 Å². The van der Waals surface area contributed by atoms with Crippen LogP contribution in [0.2, 0.25) is 0 Å². The number of ether oxygens (including phenoxy) is 2. The number of carbonyl (C=O) groups is 2. The molecular formula is C20H32N2O5. The molecule has 0 bridgehead atoms. The zero-order valence-corrected chi connectivity index (χ0v) is 16.7. The predicted octanol–water partition coefficient (Wildman–Crippen LogP) is 1.42. The van der Waals surface area contributed by atoms with Gasteiger partial charge in [-0.25, -0.2) is 0 Å². The van der Waals surface area contributed by atoms with E-state index in [9.17, 15) is 14.7 Å². The minimum atomic E-state index is -1.16. The van der Waals surface area contributed by atoms with Gasteiger partial charge in [-0.1, -0.05) is 37.6 Å². The third kappa shape index (κ3) is 6.45. The van der Waals surface area contributed by atoms with Gasteiger partial charge in [0.1, 0.15) is 12.2 Å². The molecule has 1 saturated heterocycles. The summed E-state index contributed by atoms with van der Waals surface area (Å²) in [6.45, 7) is 8.40. The molecule has 0 spiro atoms. The predicted molar refractivity (Wildman–Crippen MR) is 102 cm³/mol. The van der Waals surface area contributed by atoms with Crippen LogP contribution in [0.25, 0.3) is 0 Å². The number of hydrogen-bond acceptors (Lipinski definition) is 5. The molecule has 3 N–H and O–H groups in total. The number of allylic oxidation sites excluding steroid dienone is 3. The number of hydrogen-bond donors (Lipinski definition) is 3. The molecule has 1 heterocycles. The molecule has 0 radical (unpaired) electrons. The van der Waals surface area contributed by atoms with Gasteiger partial charge in [-0.2, -0.15) is 0 Å². The van der Waals surface area contributed by atoms with Gasteiger partial charge < -0.3 is 25.2 Å². The largest absolute Gasteiger partial charge is 0.383 e. The molecule has 2 aliphatic rings. The first-order valence-corrected chi connectivity index (χ1v) is 9.50. The van der Waals surface area contributed by atoms with E-state index in [2.05, 4.69) is 16.7 Å². The van der Waals surface area contributed by atoms with Crippen LogP contribution in [0.3, 0.4) is 0 Å². The monoisotopic (exact) mass is 380 g/mol. The Balaban J connectivity index is 1.74. The lowest BCUT2D eigenvalue weighted by molar-refractivity contribution is -0.304. The van der Waals surface area contributed by atoms with Gasteiger partial charge in [-0.05, 0) is 33.1 Å². The van der Waals surface area contributed by atoms with Gasteiger partial charge in [0.05, 0.1) is 6.61 Å². The smallest absolute Gasteiger partial charge is 0.249 e. The fourth-order valence-corrected chi connectivity index (χ4v) is 3.00. The first-order chi connectivity index (χ1) is 12.6. The van der Waals surface area contributed by atoms with E-state index in [0.717, 1.165) is 18.4 Å². The highest BCUT2D eigenvalue weighted by Gasteiger charge is 2.45. The molecule has 1 fully saturated rings. The lowest BCUT2D eigenvalue weighted by Gasteiger charge is -2.44. The minimum absolute atomic E-state index is 0.142. The molecule has 1 aliphatic carbocycles. The van der Waals surface area contributed by atoms with Gasteiger partial charge in [-0.15, -0.1) is 0 Å². The van der Waals surface area contributed by atoms with Gasteiger partial charge in [0, 0.05) is 18.5 Å². The summed E-state index contributed by atoms with van der Waals surface area (Å²) in [6, 6.07) is 0. The van der Waals surface area contributed by atoms with E-state index >= 15 is 0 Å². The zero-order chi connectivity index (χ0) is 20.1. The van der Waals surface area contributed by atoms with Crippen molar-refractivity contribution in [2.45, 2.75) is 65.0 Å². The van der Waals surface area contributed by atoms with E-state index in [4.69, 9.17) is 9.47 Å². The summed E-state index contributed by atoms with van der Waals surface area (Å²) in [4.78, 5) is 24.5. The first kappa shape index (κ1) is 21.6. The van der Waals surface area contributed by atoms with Crippen LogP contribution in [-0.2, 0) is 19.1 Å². The Kier molecular flexibility index (Phi) is 7.19. The van der Waals surface area contributed by atoms with Crippen LogP contribution in [0.5, 0.6) is 0 Å². The van der Waals surface area contributed by atoms with Gasteiger partial charge in [-0.3, -0.25) is 9.59 Å². The molecule has 2 unspecified atom stereocenters. The first-order valence-electron chi connectivity index (χ1n) is 9.50. The van der Waals surface area contributed by atoms with Gasteiger partial charge >= 0.3 is 0 Å². The standard InChI is InChI=1S/C20H32N2O5/c1-19(2)13-26-20(3,4)27-16(19)18(25)21-11-10-15(23)17(24)22-12-14-8-6-5-7-9-14/h5-6,8,15-16,23H,7,9-13H2,1-4H3,(H,21,25)(H,22,24). The quantitative estimate of drug-likeness (QED) is 0.621. The van der Waals surface area contributed by atoms with Crippen molar-refractivity contribution in [2.75, 3.05) is 19.7 Å². The van der Waals surface area contributed by atoms with Crippen molar-refractivity contribution in [3.05, 3.63) is 23.8 Å². The number of nitrogens with one attached hydrogen (secondary N) is 2. The highest BCUT2D eigenvalue weighted by atomic mass is 16.7. The molecule has 7 heteroatoms. The average Bonchev–Trinajstić information content (AvgIpc) is 2.62. The molecule has 7 nitrogen and oxygen atoms in total. The maximum atomic E-state index is 12.5. The lowest BCUT2D eigenvalue weighted by atomic mass is 9.85. The summed E-state index contributed by atoms with van der Waals surface area (Å²) in [7, 11) is 0. The molecular weight excluding hydrogens is 348 g/mol. The Morgan fingerprint density at radius 2 is 2.04 bits per heavy atom. The third-order valence-corrected chi connectivity index (χ3v) is 4.75. The van der Waals surface area contributed by atoms with Crippen LogP contribution in [0, 0.1) is 5.41 Å². The second kappa shape index (κ2) is 8.99. The van der Waals surface area contributed by atoms with Crippen molar-refractivity contribution in [2.24, 2.45) is 5.41 Å². The van der Waals surface area contributed by atoms with Crippen molar-refractivity contribution in [1.82, 2.24) is 10.6 Å². The molecule has 2 rings (SSSR count). The molecule has 0 saturated carbocycles. The fraction of sp³-hybridized carbons (Fsp3) is 0.700. The van der Waals surface area contributed by atoms with Gasteiger partial charge in [0.25, 0.3) is 0 Å². The Labute approximate surface area is 161 Å².